The van der Waals surface area contributed by atoms with Crippen LogP contribution < -0.4 is 0 Å². The van der Waals surface area contributed by atoms with Gasteiger partial charge in [-0.1, -0.05) is 0 Å². The molecule has 2 heteroatoms. The van der Waals surface area contributed by atoms with Crippen molar-refractivity contribution in [2.75, 3.05) is 0 Å². The Kier molecular flexibility index (Phi) is 146. The van der Waals surface area contributed by atoms with Gasteiger partial charge in [-0.2, -0.15) is 7.85 Å². The maximum Gasteiger partial charge on any atom is 3.00 e. The van der Waals surface area contributed by atoms with Crippen LogP contribution in [0.15, 0.2) is 0 Å². The largest absolute Gasteiger partial charge is 3.00 e. The molecule has 0 atom stereocenters. The summed E-state index contributed by atoms with van der Waals surface area (Å²) < 4.78 is 0. The quantitative estimate of drug-likeness (QED) is 0.327. The van der Waals surface area contributed by atoms with Crippen molar-refractivity contribution in [3.63, 3.8) is 0 Å². The molecule has 0 aromatic rings. The molecule has 0 rings (SSSR count). The van der Waals surface area contributed by atoms with E-state index in [-0.39, 0.29) is 40.1 Å². The normalized spacial score (nSPS) is 1.25. The summed E-state index contributed by atoms with van der Waals surface area (Å²) in [7, 11) is 4.25. The van der Waals surface area contributed by atoms with Gasteiger partial charge in [0.1, 0.15) is 0 Å². The van der Waals surface area contributed by atoms with Crippen LogP contribution in [-0.4, -0.2) is 7.85 Å². The molecule has 0 saturated carbocycles. The first-order chi connectivity index (χ1) is 1.00. The van der Waals surface area contributed by atoms with E-state index < -0.39 is 0 Å². The molecule has 0 nitrogen and oxygen atoms in total. The van der Waals surface area contributed by atoms with Crippen LogP contribution in [0.5, 0.6) is 0 Å². The van der Waals surface area contributed by atoms with Gasteiger partial charge in [0.15, 0.2) is 0 Å². The van der Waals surface area contributed by atoms with E-state index in [4.69, 9.17) is 0 Å². The van der Waals surface area contributed by atoms with Gasteiger partial charge < -0.3 is 14.2 Å². The van der Waals surface area contributed by atoms with Crippen molar-refractivity contribution in [1.29, 1.82) is 0 Å². The fourth-order valence-corrected chi connectivity index (χ4v) is 0. The predicted octanol–water partition coefficient (Wildman–Crippen LogP) is 0.394. The Bertz CT molecular complexity index is 6.00. The molecule has 0 aliphatic rings. The Labute approximate surface area is 54.6 Å². The van der Waals surface area contributed by atoms with Gasteiger partial charge in [-0.3, -0.25) is 0 Å². The molecule has 0 fully saturated rings. The summed E-state index contributed by atoms with van der Waals surface area (Å²) in [5.41, 5.74) is 0. The summed E-state index contributed by atoms with van der Waals surface area (Å²) in [5.74, 6) is 0. The van der Waals surface area contributed by atoms with Crippen LogP contribution >= 0.6 is 0 Å². The predicted molar refractivity (Wildman–Crippen MR) is 17.5 cm³/mol. The second kappa shape index (κ2) is 30.6. The van der Waals surface area contributed by atoms with Crippen LogP contribution in [0.4, 0.5) is 0 Å². The summed E-state index contributed by atoms with van der Waals surface area (Å²) in [4.78, 5) is 0. The van der Waals surface area contributed by atoms with E-state index >= 15 is 0 Å². The molecular weight excluding hydrogens is 124 g/mol. The van der Waals surface area contributed by atoms with Gasteiger partial charge in [0.2, 0.25) is 0 Å². The number of hydrogen-bond acceptors (Lipinski definition) is 0. The van der Waals surface area contributed by atoms with Crippen LogP contribution in [0.2, 0.25) is 0 Å². The van der Waals surface area contributed by atoms with Crippen molar-refractivity contribution < 1.29 is 32.7 Å². The van der Waals surface area contributed by atoms with E-state index in [0.717, 1.165) is 0 Å². The van der Waals surface area contributed by atoms with Gasteiger partial charge in [-0.15, -0.1) is 0 Å². The molecule has 0 spiro atoms. The smallest absolute Gasteiger partial charge is 0.382 e. The minimum Gasteiger partial charge on any atom is -0.382 e. The number of rotatable bonds is 0. The van der Waals surface area contributed by atoms with E-state index in [1.54, 1.807) is 0 Å². The van der Waals surface area contributed by atoms with Gasteiger partial charge in [-0.25, -0.2) is 0 Å². The van der Waals surface area contributed by atoms with Crippen LogP contribution in [-0.2, 0) is 32.7 Å². The van der Waals surface area contributed by atoms with Gasteiger partial charge >= 0.3 is 32.7 Å². The molecule has 0 unspecified atom stereocenters. The second-order valence-corrected chi connectivity index (χ2v) is 0. The Hall–Kier alpha value is 1.17. The standard InChI is InChI=1S/CH2B.CH3.Y/c1-2;;/h1H2;1H3;/q2*-1;+3. The molecule has 0 aliphatic heterocycles. The molecule has 0 aliphatic carbocycles. The molecule has 0 heterocycles. The molecule has 18 valence electrons. The van der Waals surface area contributed by atoms with Crippen LogP contribution in [0.25, 0.3) is 0 Å². The SMILES string of the molecule is [B][CH2-].[CH3-].[Y+3]. The Balaban J connectivity index is -0.00000000500. The van der Waals surface area contributed by atoms with Crippen molar-refractivity contribution in [3.05, 3.63) is 14.2 Å². The van der Waals surface area contributed by atoms with E-state index in [1.165, 1.54) is 0 Å². The molecule has 0 aromatic heterocycles. The first-order valence-electron chi connectivity index (χ1n) is 0.408. The van der Waals surface area contributed by atoms with Crippen LogP contribution in [0.1, 0.15) is 0 Å². The van der Waals surface area contributed by atoms with E-state index in [9.17, 15) is 0 Å². The Morgan fingerprint density at radius 2 is 1.25 bits per heavy atom. The van der Waals surface area contributed by atoms with Crippen molar-refractivity contribution in [2.45, 2.75) is 0 Å². The van der Waals surface area contributed by atoms with Gasteiger partial charge in [0.05, 0.1) is 0 Å². The maximum atomic E-state index is 4.25. The average Bonchev–Trinajstić information content (AvgIpc) is 1.00. The zero-order chi connectivity index (χ0) is 2.00. The third kappa shape index (κ3) is 10.9. The van der Waals surface area contributed by atoms with Gasteiger partial charge in [0, 0.05) is 0 Å². The molecule has 4 heavy (non-hydrogen) atoms. The minimum absolute atomic E-state index is 0. The first-order valence-corrected chi connectivity index (χ1v) is 0.408. The summed E-state index contributed by atoms with van der Waals surface area (Å²) in [6.45, 7) is 2.75. The Morgan fingerprint density at radius 3 is 1.25 bits per heavy atom. The van der Waals surface area contributed by atoms with Crippen molar-refractivity contribution in [2.24, 2.45) is 0 Å². The second-order valence-electron chi connectivity index (χ2n) is 0. The van der Waals surface area contributed by atoms with Gasteiger partial charge in [0.25, 0.3) is 0 Å². The van der Waals surface area contributed by atoms with Crippen molar-refractivity contribution in [3.8, 4) is 0 Å². The van der Waals surface area contributed by atoms with Crippen LogP contribution in [0.3, 0.4) is 0 Å². The average molecular weight is 129 g/mol. The topological polar surface area (TPSA) is 0 Å². The first kappa shape index (κ1) is 19.1. The summed E-state index contributed by atoms with van der Waals surface area (Å²) in [6.07, 6.45) is 0. The third-order valence-electron chi connectivity index (χ3n) is 0. The van der Waals surface area contributed by atoms with E-state index in [0.29, 0.717) is 0 Å². The van der Waals surface area contributed by atoms with Crippen LogP contribution in [0, 0.1) is 14.2 Å². The summed E-state index contributed by atoms with van der Waals surface area (Å²) in [5, 5.41) is 0. The van der Waals surface area contributed by atoms with E-state index in [2.05, 4.69) is 14.7 Å². The molecule has 0 N–H and O–H groups in total. The van der Waals surface area contributed by atoms with Crippen molar-refractivity contribution >= 4 is 7.85 Å². The minimum atomic E-state index is 0. The molecule has 0 amide bonds. The third-order valence-corrected chi connectivity index (χ3v) is 0. The zero-order valence-electron chi connectivity index (χ0n) is 2.86. The zero-order valence-corrected chi connectivity index (χ0v) is 5.70. The molecule has 0 saturated heterocycles. The van der Waals surface area contributed by atoms with Gasteiger partial charge in [-0.05, 0) is 0 Å². The molecule has 0 aromatic carbocycles. The van der Waals surface area contributed by atoms with E-state index in [1.807, 2.05) is 0 Å². The summed E-state index contributed by atoms with van der Waals surface area (Å²) in [6, 6.07) is 0. The monoisotopic (exact) mass is 129 g/mol. The molecule has 0 bridgehead atoms. The van der Waals surface area contributed by atoms with Crippen molar-refractivity contribution in [1.82, 2.24) is 0 Å². The molecule has 2 radical (unpaired) electrons. The fraction of sp³-hybridized carbons (Fsp3) is 0. The summed E-state index contributed by atoms with van der Waals surface area (Å²) >= 11 is 0. The fourth-order valence-electron chi connectivity index (χ4n) is 0. The maximum absolute atomic E-state index is 4.25. The molecular formula is C2H5BY+. The Morgan fingerprint density at radius 1 is 1.25 bits per heavy atom. The number of hydrogen-bond donors (Lipinski definition) is 0.